The lowest BCUT2D eigenvalue weighted by atomic mass is 9.57. The van der Waals surface area contributed by atoms with Crippen molar-refractivity contribution in [3.05, 3.63) is 0 Å². The number of hydrogen-bond acceptors (Lipinski definition) is 8. The van der Waals surface area contributed by atoms with E-state index in [1.165, 1.54) is 0 Å². The maximum absolute atomic E-state index is 12.4. The molecule has 0 spiro atoms. The summed E-state index contributed by atoms with van der Waals surface area (Å²) in [5.74, 6) is 1.49. The van der Waals surface area contributed by atoms with Gasteiger partial charge in [-0.3, -0.25) is 0 Å². The minimum absolute atomic E-state index is 0.00660. The summed E-state index contributed by atoms with van der Waals surface area (Å²) in [4.78, 5) is 0. The Morgan fingerprint density at radius 1 is 0.434 bits per heavy atom. The van der Waals surface area contributed by atoms with Crippen molar-refractivity contribution in [2.45, 2.75) is 183 Å². The maximum atomic E-state index is 12.4. The first-order valence-electron chi connectivity index (χ1n) is 21.1. The normalized spacial score (nSPS) is 44.9. The van der Waals surface area contributed by atoms with Gasteiger partial charge in [0.15, 0.2) is 0 Å². The maximum Gasteiger partial charge on any atom is 0.333 e. The van der Waals surface area contributed by atoms with Gasteiger partial charge in [0.25, 0.3) is 0 Å². The molecule has 0 amide bonds. The summed E-state index contributed by atoms with van der Waals surface area (Å²) in [5.41, 5.74) is -0.102. The van der Waals surface area contributed by atoms with Crippen molar-refractivity contribution in [1.82, 2.24) is 0 Å². The minimum Gasteiger partial charge on any atom is -0.393 e. The molecule has 16 atom stereocenters. The summed E-state index contributed by atoms with van der Waals surface area (Å²) in [6.45, 7) is 28.0. The van der Waals surface area contributed by atoms with Crippen LogP contribution in [0, 0.1) is 69.0 Å². The molecule has 16 unspecified atom stereocenters. The van der Waals surface area contributed by atoms with Crippen LogP contribution < -0.4 is 0 Å². The van der Waals surface area contributed by atoms with Gasteiger partial charge < -0.3 is 37.6 Å². The van der Waals surface area contributed by atoms with E-state index in [0.717, 1.165) is 51.4 Å². The van der Waals surface area contributed by atoms with E-state index in [4.69, 9.17) is 32.5 Å². The van der Waals surface area contributed by atoms with Crippen LogP contribution >= 0.6 is 8.60 Å². The molecule has 1 aliphatic heterocycles. The van der Waals surface area contributed by atoms with Gasteiger partial charge in [0, 0.05) is 28.4 Å². The highest BCUT2D eigenvalue weighted by atomic mass is 31.2. The molecule has 4 saturated carbocycles. The molecule has 1 N–H and O–H groups in total. The average Bonchev–Trinajstić information content (AvgIpc) is 3.21. The molecule has 1 heterocycles. The first kappa shape index (κ1) is 44.2. The molecule has 0 aromatic heterocycles. The second-order valence-corrected chi connectivity index (χ2v) is 23.4. The Labute approximate surface area is 326 Å². The number of aliphatic hydroxyl groups is 1. The molecule has 9 heteroatoms. The van der Waals surface area contributed by atoms with E-state index in [1.54, 1.807) is 0 Å². The zero-order valence-electron chi connectivity index (χ0n) is 36.6. The quantitative estimate of drug-likeness (QED) is 0.256. The zero-order chi connectivity index (χ0) is 39.4. The standard InChI is InChI=1S/C44H81O8P/c1-41(2,3)33-21-25(46-13)17-29(37(33)45)30-18-26(47-14)22-34(42(4,5)6)38(30)50-53-51-39-31(19-27(48-15)23-35(39)43(7,8)9)32-20-28(49-16)24-36(40(32)52-53)44(10,11)12/h25-40,45H,17-24H2,1-16H3. The summed E-state index contributed by atoms with van der Waals surface area (Å²) >= 11 is 0. The van der Waals surface area contributed by atoms with Gasteiger partial charge in [-0.25, -0.2) is 0 Å². The van der Waals surface area contributed by atoms with Gasteiger partial charge in [0.1, 0.15) is 0 Å². The lowest BCUT2D eigenvalue weighted by molar-refractivity contribution is -0.152. The Kier molecular flexibility index (Phi) is 14.0. The molecule has 0 bridgehead atoms. The third-order valence-corrected chi connectivity index (χ3v) is 16.3. The van der Waals surface area contributed by atoms with Crippen LogP contribution in [0.15, 0.2) is 0 Å². The smallest absolute Gasteiger partial charge is 0.333 e. The van der Waals surface area contributed by atoms with E-state index in [2.05, 4.69) is 83.1 Å². The molecule has 1 saturated heterocycles. The lowest BCUT2D eigenvalue weighted by Crippen LogP contribution is -2.55. The summed E-state index contributed by atoms with van der Waals surface area (Å²) in [6, 6.07) is 0. The summed E-state index contributed by atoms with van der Waals surface area (Å²) in [6.07, 6.45) is 7.17. The van der Waals surface area contributed by atoms with Gasteiger partial charge in [-0.1, -0.05) is 83.1 Å². The first-order chi connectivity index (χ1) is 24.5. The fourth-order valence-electron chi connectivity index (χ4n) is 11.7. The molecule has 8 nitrogen and oxygen atoms in total. The van der Waals surface area contributed by atoms with E-state index < -0.39 is 14.7 Å². The minimum atomic E-state index is -1.73. The van der Waals surface area contributed by atoms with Gasteiger partial charge in [-0.05, 0) is 120 Å². The van der Waals surface area contributed by atoms with Crippen molar-refractivity contribution in [2.24, 2.45) is 69.0 Å². The Bertz CT molecular complexity index is 1120. The van der Waals surface area contributed by atoms with E-state index in [9.17, 15) is 5.11 Å². The van der Waals surface area contributed by atoms with Crippen molar-refractivity contribution in [3.8, 4) is 0 Å². The molecule has 0 aromatic carbocycles. The van der Waals surface area contributed by atoms with Crippen molar-refractivity contribution in [3.63, 3.8) is 0 Å². The average molecular weight is 769 g/mol. The van der Waals surface area contributed by atoms with E-state index >= 15 is 0 Å². The van der Waals surface area contributed by atoms with Crippen molar-refractivity contribution in [1.29, 1.82) is 0 Å². The van der Waals surface area contributed by atoms with Gasteiger partial charge in [0.05, 0.1) is 48.8 Å². The number of ether oxygens (including phenoxy) is 4. The fraction of sp³-hybridized carbons (Fsp3) is 1.00. The monoisotopic (exact) mass is 769 g/mol. The summed E-state index contributed by atoms with van der Waals surface area (Å²) in [7, 11) is 5.71. The van der Waals surface area contributed by atoms with Crippen LogP contribution in [0.25, 0.3) is 0 Å². The molecule has 5 fully saturated rings. The van der Waals surface area contributed by atoms with Gasteiger partial charge in [-0.15, -0.1) is 0 Å². The predicted octanol–water partition coefficient (Wildman–Crippen LogP) is 10.1. The van der Waals surface area contributed by atoms with Crippen LogP contribution in [0.4, 0.5) is 0 Å². The third-order valence-electron chi connectivity index (χ3n) is 15.0. The predicted molar refractivity (Wildman–Crippen MR) is 213 cm³/mol. The third kappa shape index (κ3) is 9.71. The second kappa shape index (κ2) is 16.8. The molecule has 0 aromatic rings. The Hall–Kier alpha value is 0.110. The highest BCUT2D eigenvalue weighted by Crippen LogP contribution is 2.63. The fourth-order valence-corrected chi connectivity index (χ4v) is 13.3. The number of methoxy groups -OCH3 is 4. The lowest BCUT2D eigenvalue weighted by Gasteiger charge is -2.53. The number of hydrogen-bond donors (Lipinski definition) is 1. The molecule has 4 aliphatic carbocycles. The van der Waals surface area contributed by atoms with Gasteiger partial charge >= 0.3 is 8.60 Å². The second-order valence-electron chi connectivity index (χ2n) is 22.3. The molecular weight excluding hydrogens is 687 g/mol. The molecular formula is C44H81O8P. The van der Waals surface area contributed by atoms with Crippen LogP contribution in [0.1, 0.15) is 134 Å². The Balaban J connectivity index is 1.61. The number of aliphatic hydroxyl groups excluding tert-OH is 1. The molecule has 53 heavy (non-hydrogen) atoms. The van der Waals surface area contributed by atoms with Gasteiger partial charge in [0.2, 0.25) is 0 Å². The number of fused-ring (bicyclic) bond motifs is 3. The molecule has 310 valence electrons. The highest BCUT2D eigenvalue weighted by molar-refractivity contribution is 7.41. The van der Waals surface area contributed by atoms with E-state index in [-0.39, 0.29) is 112 Å². The van der Waals surface area contributed by atoms with Crippen LogP contribution in [-0.2, 0) is 32.5 Å². The first-order valence-corrected chi connectivity index (χ1v) is 22.2. The van der Waals surface area contributed by atoms with Crippen molar-refractivity contribution >= 4 is 8.60 Å². The molecule has 0 radical (unpaired) electrons. The number of rotatable bonds is 7. The van der Waals surface area contributed by atoms with Crippen molar-refractivity contribution < 1.29 is 37.6 Å². The van der Waals surface area contributed by atoms with Crippen LogP contribution in [0.2, 0.25) is 0 Å². The van der Waals surface area contributed by atoms with Crippen LogP contribution in [-0.4, -0.2) is 82.4 Å². The van der Waals surface area contributed by atoms with E-state index in [1.807, 2.05) is 28.4 Å². The summed E-state index contributed by atoms with van der Waals surface area (Å²) < 4.78 is 47.3. The Morgan fingerprint density at radius 3 is 1.11 bits per heavy atom. The van der Waals surface area contributed by atoms with Crippen LogP contribution in [0.5, 0.6) is 0 Å². The largest absolute Gasteiger partial charge is 0.393 e. The summed E-state index contributed by atoms with van der Waals surface area (Å²) in [5, 5.41) is 12.4. The van der Waals surface area contributed by atoms with Crippen LogP contribution in [0.3, 0.4) is 0 Å². The topological polar surface area (TPSA) is 84.8 Å². The van der Waals surface area contributed by atoms with Gasteiger partial charge in [-0.2, -0.15) is 0 Å². The SMILES string of the molecule is COC1CC(C2CC(OC)CC(C(C)(C)C)C2OP2OC3C(CC(OC)CC3C(C)(C)C)C3CC(OC)CC(C(C)(C)C)C3O2)C(O)C(C(C)(C)C)C1. The highest BCUT2D eigenvalue weighted by Gasteiger charge is 2.59. The van der Waals surface area contributed by atoms with Crippen molar-refractivity contribution in [2.75, 3.05) is 28.4 Å². The zero-order valence-corrected chi connectivity index (χ0v) is 37.5. The Morgan fingerprint density at radius 2 is 0.755 bits per heavy atom. The molecule has 5 rings (SSSR count). The van der Waals surface area contributed by atoms with E-state index in [0.29, 0.717) is 0 Å². The molecule has 5 aliphatic rings.